The van der Waals surface area contributed by atoms with Crippen LogP contribution in [0.25, 0.3) is 0 Å². The van der Waals surface area contributed by atoms with Crippen LogP contribution in [0.4, 0.5) is 4.79 Å². The normalized spacial score (nSPS) is 11.2. The largest absolute Gasteiger partial charge is 0.351 e. The Bertz CT molecular complexity index is 261. The van der Waals surface area contributed by atoms with E-state index in [0.717, 1.165) is 19.1 Å². The molecule has 0 aliphatic heterocycles. The van der Waals surface area contributed by atoms with Gasteiger partial charge in [-0.1, -0.05) is 19.8 Å². The third kappa shape index (κ3) is 4.72. The van der Waals surface area contributed by atoms with Crippen molar-refractivity contribution in [2.24, 2.45) is 5.73 Å². The molecule has 13 heavy (non-hydrogen) atoms. The monoisotopic (exact) mass is 208 g/mol. The highest BCUT2D eigenvalue weighted by Crippen LogP contribution is 2.02. The van der Waals surface area contributed by atoms with Gasteiger partial charge in [0.25, 0.3) is 0 Å². The van der Waals surface area contributed by atoms with E-state index in [1.165, 1.54) is 0 Å². The van der Waals surface area contributed by atoms with Crippen molar-refractivity contribution in [1.29, 1.82) is 0 Å². The minimum absolute atomic E-state index is 0.183. The van der Waals surface area contributed by atoms with Crippen LogP contribution in [0.15, 0.2) is 0 Å². The zero-order valence-corrected chi connectivity index (χ0v) is 8.80. The van der Waals surface area contributed by atoms with Gasteiger partial charge in [0.05, 0.1) is 6.26 Å². The molecule has 2 N–H and O–H groups in total. The molecule has 6 heteroatoms. The maximum absolute atomic E-state index is 11.0. The molecule has 0 unspecified atom stereocenters. The van der Waals surface area contributed by atoms with Gasteiger partial charge in [-0.2, -0.15) is 0 Å². The van der Waals surface area contributed by atoms with Crippen molar-refractivity contribution in [2.45, 2.75) is 26.2 Å². The van der Waals surface area contributed by atoms with Crippen LogP contribution < -0.4 is 5.73 Å². The molecule has 0 fully saturated rings. The van der Waals surface area contributed by atoms with Crippen LogP contribution in [0.2, 0.25) is 0 Å². The summed E-state index contributed by atoms with van der Waals surface area (Å²) in [5.74, 6) is 0. The first-order chi connectivity index (χ1) is 5.89. The zero-order chi connectivity index (χ0) is 10.5. The number of hydrogen-bond acceptors (Lipinski definition) is 3. The van der Waals surface area contributed by atoms with E-state index in [9.17, 15) is 13.2 Å². The van der Waals surface area contributed by atoms with E-state index in [4.69, 9.17) is 5.73 Å². The Kier molecular flexibility index (Phi) is 4.76. The summed E-state index contributed by atoms with van der Waals surface area (Å²) in [5, 5.41) is 0. The molecule has 0 saturated heterocycles. The molecule has 0 aromatic carbocycles. The minimum atomic E-state index is -3.49. The number of rotatable bonds is 5. The molecule has 0 radical (unpaired) electrons. The van der Waals surface area contributed by atoms with Gasteiger partial charge < -0.3 is 5.73 Å². The second-order valence-corrected chi connectivity index (χ2v) is 4.79. The van der Waals surface area contributed by atoms with Gasteiger partial charge in [-0.3, -0.25) is 0 Å². The van der Waals surface area contributed by atoms with Gasteiger partial charge in [-0.05, 0) is 6.42 Å². The number of carbonyl (C=O) groups is 1. The third-order valence-electron chi connectivity index (χ3n) is 1.61. The highest BCUT2D eigenvalue weighted by atomic mass is 32.2. The molecule has 0 heterocycles. The van der Waals surface area contributed by atoms with Gasteiger partial charge in [0.2, 0.25) is 10.0 Å². The molecule has 0 atom stereocenters. The number of urea groups is 1. The van der Waals surface area contributed by atoms with Gasteiger partial charge >= 0.3 is 6.03 Å². The van der Waals surface area contributed by atoms with Crippen molar-refractivity contribution in [3.8, 4) is 0 Å². The molecular weight excluding hydrogens is 192 g/mol. The Hall–Kier alpha value is -0.780. The number of carbonyl (C=O) groups excluding carboxylic acids is 1. The van der Waals surface area contributed by atoms with Crippen LogP contribution in [0.3, 0.4) is 0 Å². The van der Waals surface area contributed by atoms with Gasteiger partial charge in [0.1, 0.15) is 0 Å². The van der Waals surface area contributed by atoms with Crippen molar-refractivity contribution in [3.05, 3.63) is 0 Å². The Balaban J connectivity index is 4.22. The van der Waals surface area contributed by atoms with E-state index in [1.54, 1.807) is 0 Å². The molecule has 0 spiro atoms. The fourth-order valence-corrected chi connectivity index (χ4v) is 1.73. The molecule has 0 aliphatic rings. The van der Waals surface area contributed by atoms with Crippen LogP contribution in [-0.2, 0) is 10.0 Å². The molecule has 0 rings (SSSR count). The van der Waals surface area contributed by atoms with E-state index in [2.05, 4.69) is 0 Å². The maximum Gasteiger partial charge on any atom is 0.328 e. The molecule has 5 nitrogen and oxygen atoms in total. The van der Waals surface area contributed by atoms with E-state index in [0.29, 0.717) is 10.7 Å². The molecular formula is C7H16N2O3S. The van der Waals surface area contributed by atoms with E-state index in [-0.39, 0.29) is 6.54 Å². The first-order valence-corrected chi connectivity index (χ1v) is 6.01. The molecule has 0 aromatic heterocycles. The van der Waals surface area contributed by atoms with E-state index < -0.39 is 16.1 Å². The Morgan fingerprint density at radius 1 is 1.38 bits per heavy atom. The highest BCUT2D eigenvalue weighted by Gasteiger charge is 2.19. The van der Waals surface area contributed by atoms with Crippen molar-refractivity contribution >= 4 is 16.1 Å². The summed E-state index contributed by atoms with van der Waals surface area (Å²) in [6.45, 7) is 2.18. The van der Waals surface area contributed by atoms with Gasteiger partial charge in [0, 0.05) is 6.54 Å². The fourth-order valence-electron chi connectivity index (χ4n) is 0.945. The predicted molar refractivity (Wildman–Crippen MR) is 50.7 cm³/mol. The number of amides is 2. The molecule has 0 saturated carbocycles. The third-order valence-corrected chi connectivity index (χ3v) is 2.77. The number of nitrogens with two attached hydrogens (primary N) is 1. The lowest BCUT2D eigenvalue weighted by atomic mass is 10.2. The summed E-state index contributed by atoms with van der Waals surface area (Å²) in [4.78, 5) is 10.7. The number of unbranched alkanes of at least 4 members (excludes halogenated alkanes) is 2. The number of primary amides is 1. The average molecular weight is 208 g/mol. The molecule has 0 aromatic rings. The molecule has 0 aliphatic carbocycles. The van der Waals surface area contributed by atoms with Crippen molar-refractivity contribution < 1.29 is 13.2 Å². The lowest BCUT2D eigenvalue weighted by Gasteiger charge is -2.16. The van der Waals surface area contributed by atoms with Crippen molar-refractivity contribution in [3.63, 3.8) is 0 Å². The summed E-state index contributed by atoms with van der Waals surface area (Å²) in [6.07, 6.45) is 3.49. The van der Waals surface area contributed by atoms with Crippen LogP contribution in [0.5, 0.6) is 0 Å². The first-order valence-electron chi connectivity index (χ1n) is 4.16. The van der Waals surface area contributed by atoms with Gasteiger partial charge in [-0.25, -0.2) is 17.5 Å². The van der Waals surface area contributed by atoms with Crippen LogP contribution >= 0.6 is 0 Å². The van der Waals surface area contributed by atoms with Crippen LogP contribution in [-0.4, -0.2) is 31.6 Å². The van der Waals surface area contributed by atoms with E-state index >= 15 is 0 Å². The fraction of sp³-hybridized carbons (Fsp3) is 0.857. The average Bonchev–Trinajstić information content (AvgIpc) is 1.94. The minimum Gasteiger partial charge on any atom is -0.351 e. The van der Waals surface area contributed by atoms with Gasteiger partial charge in [0.15, 0.2) is 0 Å². The topological polar surface area (TPSA) is 80.5 Å². The highest BCUT2D eigenvalue weighted by molar-refractivity contribution is 7.88. The first kappa shape index (κ1) is 12.2. The smallest absolute Gasteiger partial charge is 0.328 e. The van der Waals surface area contributed by atoms with Crippen LogP contribution in [0, 0.1) is 0 Å². The molecule has 78 valence electrons. The lowest BCUT2D eigenvalue weighted by molar-refractivity contribution is 0.231. The second-order valence-electron chi connectivity index (χ2n) is 2.88. The summed E-state index contributed by atoms with van der Waals surface area (Å²) in [7, 11) is -3.49. The number of nitrogens with zero attached hydrogens (tertiary/aromatic N) is 1. The Morgan fingerprint density at radius 2 is 1.92 bits per heavy atom. The van der Waals surface area contributed by atoms with Crippen molar-refractivity contribution in [2.75, 3.05) is 12.8 Å². The second kappa shape index (κ2) is 5.06. The Morgan fingerprint density at radius 3 is 2.23 bits per heavy atom. The number of sulfonamides is 1. The maximum atomic E-state index is 11.0. The molecule has 2 amide bonds. The summed E-state index contributed by atoms with van der Waals surface area (Å²) >= 11 is 0. The summed E-state index contributed by atoms with van der Waals surface area (Å²) < 4.78 is 22.7. The predicted octanol–water partition coefficient (Wildman–Crippen LogP) is 0.517. The Labute approximate surface area is 79.0 Å². The zero-order valence-electron chi connectivity index (χ0n) is 7.99. The summed E-state index contributed by atoms with van der Waals surface area (Å²) in [5.41, 5.74) is 4.91. The van der Waals surface area contributed by atoms with E-state index in [1.807, 2.05) is 6.92 Å². The lowest BCUT2D eigenvalue weighted by Crippen LogP contribution is -2.40. The quantitative estimate of drug-likeness (QED) is 0.669. The SMILES string of the molecule is CCCCCN(C(N)=O)S(C)(=O)=O. The standard InChI is InChI=1S/C7H16N2O3S/c1-3-4-5-6-9(7(8)10)13(2,11)12/h3-6H2,1-2H3,(H2,8,10). The molecule has 0 bridgehead atoms. The summed E-state index contributed by atoms with van der Waals surface area (Å²) in [6, 6.07) is -0.904. The van der Waals surface area contributed by atoms with Gasteiger partial charge in [-0.15, -0.1) is 0 Å². The van der Waals surface area contributed by atoms with Crippen LogP contribution in [0.1, 0.15) is 26.2 Å². The van der Waals surface area contributed by atoms with Crippen molar-refractivity contribution in [1.82, 2.24) is 4.31 Å². The number of hydrogen-bond donors (Lipinski definition) is 1.